The summed E-state index contributed by atoms with van der Waals surface area (Å²) in [4.78, 5) is 35.2. The number of rotatable bonds is 9. The first-order chi connectivity index (χ1) is 14.2. The van der Waals surface area contributed by atoms with Crippen molar-refractivity contribution in [2.45, 2.75) is 12.7 Å². The van der Waals surface area contributed by atoms with Crippen molar-refractivity contribution in [3.8, 4) is 5.75 Å². The SMILES string of the molecule is COc1ccc(C(C)=O)cc1CSCC(=O)NCC(=O)Nc1ccc(F)c(F)c1F. The van der Waals surface area contributed by atoms with Crippen LogP contribution < -0.4 is 15.4 Å². The van der Waals surface area contributed by atoms with Crippen LogP contribution in [0.3, 0.4) is 0 Å². The van der Waals surface area contributed by atoms with Crippen LogP contribution in [-0.2, 0) is 15.3 Å². The number of ketones is 1. The Morgan fingerprint density at radius 1 is 1.03 bits per heavy atom. The Morgan fingerprint density at radius 2 is 1.77 bits per heavy atom. The summed E-state index contributed by atoms with van der Waals surface area (Å²) in [5.41, 5.74) is 0.742. The first-order valence-electron chi connectivity index (χ1n) is 8.68. The topological polar surface area (TPSA) is 84.5 Å². The number of Topliss-reactive ketones (excluding diaryl/α,β-unsaturated/α-hetero) is 1. The van der Waals surface area contributed by atoms with Crippen LogP contribution >= 0.6 is 11.8 Å². The van der Waals surface area contributed by atoms with Gasteiger partial charge in [-0.3, -0.25) is 14.4 Å². The molecule has 6 nitrogen and oxygen atoms in total. The van der Waals surface area contributed by atoms with Gasteiger partial charge in [0.2, 0.25) is 11.8 Å². The Balaban J connectivity index is 1.82. The van der Waals surface area contributed by atoms with E-state index in [9.17, 15) is 27.6 Å². The molecule has 160 valence electrons. The maximum Gasteiger partial charge on any atom is 0.243 e. The van der Waals surface area contributed by atoms with Gasteiger partial charge < -0.3 is 15.4 Å². The van der Waals surface area contributed by atoms with E-state index < -0.39 is 41.5 Å². The number of hydrogen-bond acceptors (Lipinski definition) is 5. The molecule has 2 aromatic rings. The third-order valence-corrected chi connectivity index (χ3v) is 4.91. The van der Waals surface area contributed by atoms with E-state index >= 15 is 0 Å². The average Bonchev–Trinajstić information content (AvgIpc) is 2.72. The van der Waals surface area contributed by atoms with Crippen LogP contribution in [-0.4, -0.2) is 37.0 Å². The fourth-order valence-corrected chi connectivity index (χ4v) is 3.25. The predicted octanol–water partition coefficient (Wildman–Crippen LogP) is 3.30. The Morgan fingerprint density at radius 3 is 2.43 bits per heavy atom. The minimum absolute atomic E-state index is 0.0142. The lowest BCUT2D eigenvalue weighted by molar-refractivity contribution is -0.122. The van der Waals surface area contributed by atoms with E-state index in [4.69, 9.17) is 4.74 Å². The summed E-state index contributed by atoms with van der Waals surface area (Å²) in [7, 11) is 1.50. The molecule has 0 bridgehead atoms. The zero-order valence-corrected chi connectivity index (χ0v) is 17.0. The number of carbonyl (C=O) groups excluding carboxylic acids is 3. The van der Waals surface area contributed by atoms with Gasteiger partial charge in [-0.2, -0.15) is 0 Å². The van der Waals surface area contributed by atoms with Gasteiger partial charge >= 0.3 is 0 Å². The second kappa shape index (κ2) is 10.7. The molecule has 0 saturated carbocycles. The molecule has 0 spiro atoms. The second-order valence-electron chi connectivity index (χ2n) is 6.12. The lowest BCUT2D eigenvalue weighted by Gasteiger charge is -2.10. The normalized spacial score (nSPS) is 10.4. The molecule has 2 amide bonds. The highest BCUT2D eigenvalue weighted by atomic mass is 32.2. The molecule has 2 N–H and O–H groups in total. The third kappa shape index (κ3) is 6.24. The highest BCUT2D eigenvalue weighted by molar-refractivity contribution is 7.99. The minimum Gasteiger partial charge on any atom is -0.496 e. The lowest BCUT2D eigenvalue weighted by Crippen LogP contribution is -2.34. The summed E-state index contributed by atoms with van der Waals surface area (Å²) in [6, 6.07) is 6.57. The lowest BCUT2D eigenvalue weighted by atomic mass is 10.1. The molecule has 0 unspecified atom stereocenters. The van der Waals surface area contributed by atoms with Crippen molar-refractivity contribution < 1.29 is 32.3 Å². The fraction of sp³-hybridized carbons (Fsp3) is 0.250. The summed E-state index contributed by atoms with van der Waals surface area (Å²) >= 11 is 1.24. The molecule has 0 heterocycles. The molecule has 0 fully saturated rings. The molecule has 0 saturated heterocycles. The molecule has 0 aliphatic rings. The van der Waals surface area contributed by atoms with Crippen molar-refractivity contribution in [3.63, 3.8) is 0 Å². The van der Waals surface area contributed by atoms with Crippen molar-refractivity contribution in [2.24, 2.45) is 0 Å². The Hall–Kier alpha value is -3.01. The number of nitrogens with one attached hydrogen (secondary N) is 2. The maximum atomic E-state index is 13.5. The molecule has 10 heteroatoms. The third-order valence-electron chi connectivity index (χ3n) is 3.93. The first-order valence-corrected chi connectivity index (χ1v) is 9.84. The van der Waals surface area contributed by atoms with Gasteiger partial charge in [-0.15, -0.1) is 11.8 Å². The van der Waals surface area contributed by atoms with Crippen LogP contribution in [0.1, 0.15) is 22.8 Å². The molecular formula is C20H19F3N2O4S. The van der Waals surface area contributed by atoms with Crippen LogP contribution in [0.25, 0.3) is 0 Å². The number of anilines is 1. The summed E-state index contributed by atoms with van der Waals surface area (Å²) in [5.74, 6) is -4.95. The van der Waals surface area contributed by atoms with E-state index in [1.165, 1.54) is 25.8 Å². The minimum atomic E-state index is -1.70. The maximum absolute atomic E-state index is 13.5. The fourth-order valence-electron chi connectivity index (χ4n) is 2.41. The van der Waals surface area contributed by atoms with Gasteiger partial charge in [-0.25, -0.2) is 13.2 Å². The van der Waals surface area contributed by atoms with Crippen molar-refractivity contribution >= 4 is 35.0 Å². The van der Waals surface area contributed by atoms with Crippen LogP contribution in [0.5, 0.6) is 5.75 Å². The summed E-state index contributed by atoms with van der Waals surface area (Å²) in [5, 5.41) is 4.40. The van der Waals surface area contributed by atoms with E-state index in [1.54, 1.807) is 18.2 Å². The number of hydrogen-bond donors (Lipinski definition) is 2. The quantitative estimate of drug-likeness (QED) is 0.462. The first kappa shape index (κ1) is 23.3. The van der Waals surface area contributed by atoms with Gasteiger partial charge in [0.05, 0.1) is 25.1 Å². The largest absolute Gasteiger partial charge is 0.496 e. The molecule has 0 radical (unpaired) electrons. The predicted molar refractivity (Wildman–Crippen MR) is 107 cm³/mol. The van der Waals surface area contributed by atoms with Gasteiger partial charge in [-0.05, 0) is 37.3 Å². The average molecular weight is 440 g/mol. The molecule has 2 aromatic carbocycles. The van der Waals surface area contributed by atoms with E-state index in [0.29, 0.717) is 23.1 Å². The molecule has 2 rings (SSSR count). The molecule has 0 atom stereocenters. The number of methoxy groups -OCH3 is 1. The number of halogens is 3. The summed E-state index contributed by atoms with van der Waals surface area (Å²) < 4.78 is 44.8. The number of benzene rings is 2. The van der Waals surface area contributed by atoms with Crippen LogP contribution in [0, 0.1) is 17.5 Å². The highest BCUT2D eigenvalue weighted by Gasteiger charge is 2.15. The van der Waals surface area contributed by atoms with Gasteiger partial charge in [0.1, 0.15) is 5.75 Å². The molecule has 0 aliphatic carbocycles. The molecular weight excluding hydrogens is 421 g/mol. The van der Waals surface area contributed by atoms with Crippen molar-refractivity contribution in [3.05, 3.63) is 58.9 Å². The van der Waals surface area contributed by atoms with Gasteiger partial charge in [0, 0.05) is 16.9 Å². The Bertz CT molecular complexity index is 969. The second-order valence-corrected chi connectivity index (χ2v) is 7.11. The van der Waals surface area contributed by atoms with Gasteiger partial charge in [0.25, 0.3) is 0 Å². The summed E-state index contributed by atoms with van der Waals surface area (Å²) in [6.07, 6.45) is 0. The van der Waals surface area contributed by atoms with Crippen LogP contribution in [0.4, 0.5) is 18.9 Å². The molecule has 0 aromatic heterocycles. The number of thioether (sulfide) groups is 1. The summed E-state index contributed by atoms with van der Waals surface area (Å²) in [6.45, 7) is 0.977. The zero-order chi connectivity index (χ0) is 22.3. The van der Waals surface area contributed by atoms with Crippen molar-refractivity contribution in [2.75, 3.05) is 24.7 Å². The van der Waals surface area contributed by atoms with E-state index in [1.807, 2.05) is 0 Å². The van der Waals surface area contributed by atoms with Gasteiger partial charge in [-0.1, -0.05) is 0 Å². The molecule has 0 aliphatic heterocycles. The van der Waals surface area contributed by atoms with Crippen molar-refractivity contribution in [1.29, 1.82) is 0 Å². The van der Waals surface area contributed by atoms with Crippen LogP contribution in [0.15, 0.2) is 30.3 Å². The Kier molecular flexibility index (Phi) is 8.28. The smallest absolute Gasteiger partial charge is 0.243 e. The molecule has 30 heavy (non-hydrogen) atoms. The monoisotopic (exact) mass is 440 g/mol. The number of amides is 2. The standard InChI is InChI=1S/C20H19F3N2O4S/c1-11(26)12-3-6-16(29-2)13(7-12)9-30-10-18(28)24-8-17(27)25-15-5-4-14(21)19(22)20(15)23/h3-7H,8-10H2,1-2H3,(H,24,28)(H,25,27). The van der Waals surface area contributed by atoms with Crippen molar-refractivity contribution in [1.82, 2.24) is 5.32 Å². The van der Waals surface area contributed by atoms with Crippen LogP contribution in [0.2, 0.25) is 0 Å². The Labute approximate surface area is 175 Å². The van der Waals surface area contributed by atoms with E-state index in [0.717, 1.165) is 11.6 Å². The van der Waals surface area contributed by atoms with Gasteiger partial charge in [0.15, 0.2) is 23.2 Å². The zero-order valence-electron chi connectivity index (χ0n) is 16.2. The van der Waals surface area contributed by atoms with E-state index in [2.05, 4.69) is 10.6 Å². The number of carbonyl (C=O) groups is 3. The number of ether oxygens (including phenoxy) is 1. The highest BCUT2D eigenvalue weighted by Crippen LogP contribution is 2.25. The van der Waals surface area contributed by atoms with E-state index in [-0.39, 0.29) is 11.5 Å².